The van der Waals surface area contributed by atoms with E-state index in [1.165, 1.54) is 0 Å². The lowest BCUT2D eigenvalue weighted by molar-refractivity contribution is -0.140. The first kappa shape index (κ1) is 13.6. The first-order valence-corrected chi connectivity index (χ1v) is 5.77. The van der Waals surface area contributed by atoms with Crippen molar-refractivity contribution in [3.63, 3.8) is 0 Å². The average molecular weight is 241 g/mol. The molecule has 1 fully saturated rings. The molecule has 0 aromatic carbocycles. The summed E-state index contributed by atoms with van der Waals surface area (Å²) in [5.74, 6) is -1.60. The number of nitrogens with zero attached hydrogens (tertiary/aromatic N) is 2. The predicted octanol–water partition coefficient (Wildman–Crippen LogP) is 0.184. The summed E-state index contributed by atoms with van der Waals surface area (Å²) in [5, 5.41) is 1.98. The second kappa shape index (κ2) is 5.27. The van der Waals surface area contributed by atoms with Crippen molar-refractivity contribution in [1.29, 1.82) is 0 Å². The van der Waals surface area contributed by atoms with Crippen LogP contribution < -0.4 is 5.32 Å². The Kier molecular flexibility index (Phi) is 4.22. The summed E-state index contributed by atoms with van der Waals surface area (Å²) >= 11 is 0. The number of imide groups is 2. The van der Waals surface area contributed by atoms with Crippen LogP contribution in [-0.4, -0.2) is 52.8 Å². The molecule has 0 aliphatic carbocycles. The SMILES string of the molecule is CC(C)N(CCN1C(=O)NC(=O)C1=O)C(C)C. The van der Waals surface area contributed by atoms with Crippen LogP contribution in [0.1, 0.15) is 27.7 Å². The highest BCUT2D eigenvalue weighted by Gasteiger charge is 2.36. The van der Waals surface area contributed by atoms with Gasteiger partial charge in [0.15, 0.2) is 0 Å². The average Bonchev–Trinajstić information content (AvgIpc) is 2.43. The van der Waals surface area contributed by atoms with Gasteiger partial charge in [-0.2, -0.15) is 0 Å². The third kappa shape index (κ3) is 3.03. The number of carbonyl (C=O) groups excluding carboxylic acids is 3. The van der Waals surface area contributed by atoms with Crippen LogP contribution in [0, 0.1) is 0 Å². The number of rotatable bonds is 5. The first-order chi connectivity index (χ1) is 7.84. The van der Waals surface area contributed by atoms with E-state index in [1.54, 1.807) is 0 Å². The van der Waals surface area contributed by atoms with Crippen LogP contribution in [0.3, 0.4) is 0 Å². The second-order valence-corrected chi connectivity index (χ2v) is 4.64. The normalized spacial score (nSPS) is 16.6. The molecule has 0 saturated carbocycles. The zero-order valence-electron chi connectivity index (χ0n) is 10.7. The fourth-order valence-corrected chi connectivity index (χ4v) is 1.96. The lowest BCUT2D eigenvalue weighted by Crippen LogP contribution is -2.44. The van der Waals surface area contributed by atoms with E-state index in [0.29, 0.717) is 18.6 Å². The lowest BCUT2D eigenvalue weighted by atomic mass is 10.2. The minimum absolute atomic E-state index is 0.243. The molecule has 0 unspecified atom stereocenters. The van der Waals surface area contributed by atoms with Crippen LogP contribution in [-0.2, 0) is 9.59 Å². The Labute approximate surface area is 101 Å². The van der Waals surface area contributed by atoms with Gasteiger partial charge >= 0.3 is 17.8 Å². The second-order valence-electron chi connectivity index (χ2n) is 4.64. The number of hydrogen-bond acceptors (Lipinski definition) is 4. The summed E-state index contributed by atoms with van der Waals surface area (Å²) in [4.78, 5) is 36.7. The van der Waals surface area contributed by atoms with Crippen molar-refractivity contribution in [2.45, 2.75) is 39.8 Å². The van der Waals surface area contributed by atoms with Crippen LogP contribution in [0.4, 0.5) is 4.79 Å². The van der Waals surface area contributed by atoms with Crippen LogP contribution in [0.2, 0.25) is 0 Å². The Balaban J connectivity index is 2.58. The fraction of sp³-hybridized carbons (Fsp3) is 0.727. The molecular formula is C11H19N3O3. The zero-order valence-corrected chi connectivity index (χ0v) is 10.7. The van der Waals surface area contributed by atoms with Gasteiger partial charge in [0.2, 0.25) is 0 Å². The topological polar surface area (TPSA) is 69.7 Å². The van der Waals surface area contributed by atoms with Gasteiger partial charge in [0.1, 0.15) is 0 Å². The first-order valence-electron chi connectivity index (χ1n) is 5.77. The van der Waals surface area contributed by atoms with Crippen LogP contribution in [0.25, 0.3) is 0 Å². The molecule has 0 aromatic heterocycles. The summed E-state index contributed by atoms with van der Waals surface area (Å²) in [6.45, 7) is 9.02. The standard InChI is InChI=1S/C11H19N3O3/c1-7(2)13(8(3)4)5-6-14-10(16)9(15)12-11(14)17/h7-8H,5-6H2,1-4H3,(H,12,15,17). The molecule has 0 radical (unpaired) electrons. The van der Waals surface area contributed by atoms with Crippen molar-refractivity contribution in [1.82, 2.24) is 15.1 Å². The molecule has 1 rings (SSSR count). The number of nitrogens with one attached hydrogen (secondary N) is 1. The molecule has 0 spiro atoms. The predicted molar refractivity (Wildman–Crippen MR) is 62.2 cm³/mol. The molecule has 0 aromatic rings. The van der Waals surface area contributed by atoms with E-state index >= 15 is 0 Å². The van der Waals surface area contributed by atoms with Gasteiger partial charge in [-0.1, -0.05) is 0 Å². The van der Waals surface area contributed by atoms with Gasteiger partial charge in [0.25, 0.3) is 0 Å². The molecule has 1 heterocycles. The summed E-state index contributed by atoms with van der Waals surface area (Å²) in [6, 6.07) is 0.0328. The van der Waals surface area contributed by atoms with E-state index in [1.807, 2.05) is 5.32 Å². The molecule has 0 bridgehead atoms. The molecule has 6 nitrogen and oxygen atoms in total. The largest absolute Gasteiger partial charge is 0.331 e. The number of carbonyl (C=O) groups is 3. The van der Waals surface area contributed by atoms with Gasteiger partial charge in [-0.05, 0) is 27.7 Å². The van der Waals surface area contributed by atoms with Crippen LogP contribution in [0.5, 0.6) is 0 Å². The number of hydrogen-bond donors (Lipinski definition) is 1. The van der Waals surface area contributed by atoms with E-state index in [4.69, 9.17) is 0 Å². The van der Waals surface area contributed by atoms with Crippen molar-refractivity contribution in [3.8, 4) is 0 Å². The summed E-state index contributed by atoms with van der Waals surface area (Å²) in [6.07, 6.45) is 0. The summed E-state index contributed by atoms with van der Waals surface area (Å²) in [5.41, 5.74) is 0. The summed E-state index contributed by atoms with van der Waals surface area (Å²) in [7, 11) is 0. The smallest absolute Gasteiger partial charge is 0.297 e. The molecule has 4 amide bonds. The molecule has 1 aliphatic heterocycles. The minimum Gasteiger partial charge on any atom is -0.297 e. The van der Waals surface area contributed by atoms with Crippen molar-refractivity contribution in [2.24, 2.45) is 0 Å². The molecule has 1 saturated heterocycles. The van der Waals surface area contributed by atoms with Gasteiger partial charge in [-0.15, -0.1) is 0 Å². The van der Waals surface area contributed by atoms with E-state index in [2.05, 4.69) is 32.6 Å². The highest BCUT2D eigenvalue weighted by molar-refractivity contribution is 6.44. The third-order valence-electron chi connectivity index (χ3n) is 2.81. The zero-order chi connectivity index (χ0) is 13.2. The van der Waals surface area contributed by atoms with E-state index < -0.39 is 17.8 Å². The maximum atomic E-state index is 11.3. The van der Waals surface area contributed by atoms with Crippen molar-refractivity contribution in [3.05, 3.63) is 0 Å². The van der Waals surface area contributed by atoms with Gasteiger partial charge in [0, 0.05) is 25.2 Å². The van der Waals surface area contributed by atoms with Gasteiger partial charge in [-0.3, -0.25) is 24.7 Å². The molecule has 6 heteroatoms. The monoisotopic (exact) mass is 241 g/mol. The Bertz CT molecular complexity index is 331. The Morgan fingerprint density at radius 3 is 2.00 bits per heavy atom. The van der Waals surface area contributed by atoms with E-state index in [0.717, 1.165) is 4.90 Å². The third-order valence-corrected chi connectivity index (χ3v) is 2.81. The van der Waals surface area contributed by atoms with Gasteiger partial charge < -0.3 is 0 Å². The molecule has 1 N–H and O–H groups in total. The molecule has 17 heavy (non-hydrogen) atoms. The quantitative estimate of drug-likeness (QED) is 0.551. The maximum Gasteiger partial charge on any atom is 0.331 e. The fourth-order valence-electron chi connectivity index (χ4n) is 1.96. The van der Waals surface area contributed by atoms with Crippen molar-refractivity contribution >= 4 is 17.8 Å². The lowest BCUT2D eigenvalue weighted by Gasteiger charge is -2.31. The molecule has 0 atom stereocenters. The highest BCUT2D eigenvalue weighted by atomic mass is 16.2. The molecular weight excluding hydrogens is 222 g/mol. The van der Waals surface area contributed by atoms with Crippen molar-refractivity contribution < 1.29 is 14.4 Å². The number of urea groups is 1. The maximum absolute atomic E-state index is 11.3. The van der Waals surface area contributed by atoms with Crippen molar-refractivity contribution in [2.75, 3.05) is 13.1 Å². The molecule has 96 valence electrons. The van der Waals surface area contributed by atoms with Gasteiger partial charge in [0.05, 0.1) is 0 Å². The Hall–Kier alpha value is -1.43. The number of amides is 4. The molecule has 1 aliphatic rings. The summed E-state index contributed by atoms with van der Waals surface area (Å²) < 4.78 is 0. The van der Waals surface area contributed by atoms with Crippen LogP contribution in [0.15, 0.2) is 0 Å². The van der Waals surface area contributed by atoms with E-state index in [9.17, 15) is 14.4 Å². The Morgan fingerprint density at radius 1 is 1.12 bits per heavy atom. The minimum atomic E-state index is -0.837. The highest BCUT2D eigenvalue weighted by Crippen LogP contribution is 2.07. The Morgan fingerprint density at radius 2 is 1.65 bits per heavy atom. The van der Waals surface area contributed by atoms with E-state index in [-0.39, 0.29) is 6.54 Å². The van der Waals surface area contributed by atoms with Gasteiger partial charge in [-0.25, -0.2) is 4.79 Å². The van der Waals surface area contributed by atoms with Crippen LogP contribution >= 0.6 is 0 Å².